The van der Waals surface area contributed by atoms with E-state index < -0.39 is 5.91 Å². The van der Waals surface area contributed by atoms with Crippen LogP contribution in [0.2, 0.25) is 0 Å². The van der Waals surface area contributed by atoms with Crippen LogP contribution in [0, 0.1) is 5.41 Å². The summed E-state index contributed by atoms with van der Waals surface area (Å²) in [5, 5.41) is 14.0. The van der Waals surface area contributed by atoms with Crippen molar-refractivity contribution in [1.29, 1.82) is 5.41 Å². The van der Waals surface area contributed by atoms with Crippen molar-refractivity contribution >= 4 is 40.3 Å². The molecular formula is C22H20N4O4S. The number of aliphatic imine (C=N–C) groups is 1. The van der Waals surface area contributed by atoms with Crippen LogP contribution in [0.5, 0.6) is 17.2 Å². The van der Waals surface area contributed by atoms with Crippen molar-refractivity contribution in [2.75, 3.05) is 20.3 Å². The minimum absolute atomic E-state index is 0.0209. The minimum Gasteiger partial charge on any atom is -0.497 e. The average Bonchev–Trinajstić information content (AvgIpc) is 3.26. The third kappa shape index (κ3) is 4.95. The normalized spacial score (nSPS) is 16.4. The number of hydrazone groups is 1. The summed E-state index contributed by atoms with van der Waals surface area (Å²) < 4.78 is 16.6. The van der Waals surface area contributed by atoms with Crippen LogP contribution in [0.3, 0.4) is 0 Å². The highest BCUT2D eigenvalue weighted by Crippen LogP contribution is 2.25. The SMILES string of the molecule is COc1cccc(OCCCOc2ccc(/C=C3\C(=N)N4N=CSC4=NC3=O)cc2)c1. The number of thioether (sulfide) groups is 1. The zero-order valence-electron chi connectivity index (χ0n) is 16.8. The second-order valence-corrected chi connectivity index (χ2v) is 7.37. The first kappa shape index (κ1) is 20.7. The van der Waals surface area contributed by atoms with Gasteiger partial charge in [0.15, 0.2) is 11.0 Å². The molecule has 0 radical (unpaired) electrons. The Balaban J connectivity index is 1.27. The first-order chi connectivity index (χ1) is 15.1. The van der Waals surface area contributed by atoms with Crippen LogP contribution < -0.4 is 14.2 Å². The molecule has 9 heteroatoms. The van der Waals surface area contributed by atoms with Gasteiger partial charge < -0.3 is 14.2 Å². The van der Waals surface area contributed by atoms with E-state index >= 15 is 0 Å². The summed E-state index contributed by atoms with van der Waals surface area (Å²) in [4.78, 5) is 16.2. The van der Waals surface area contributed by atoms with Crippen molar-refractivity contribution < 1.29 is 19.0 Å². The molecule has 2 heterocycles. The number of fused-ring (bicyclic) bond motifs is 1. The van der Waals surface area contributed by atoms with E-state index in [2.05, 4.69) is 10.1 Å². The maximum Gasteiger partial charge on any atom is 0.283 e. The first-order valence-corrected chi connectivity index (χ1v) is 10.4. The van der Waals surface area contributed by atoms with Gasteiger partial charge in [-0.2, -0.15) is 15.1 Å². The lowest BCUT2D eigenvalue weighted by Crippen LogP contribution is -2.35. The van der Waals surface area contributed by atoms with Crippen LogP contribution in [0.1, 0.15) is 12.0 Å². The smallest absolute Gasteiger partial charge is 0.283 e. The third-order valence-electron chi connectivity index (χ3n) is 4.45. The highest BCUT2D eigenvalue weighted by molar-refractivity contribution is 8.25. The standard InChI is InChI=1S/C22H20N4O4S/c1-28-17-4-2-5-18(13-17)30-11-3-10-29-16-8-6-15(7-9-16)12-19-20(23)26-22(25-21(19)27)31-14-24-26/h2,4-9,12-14,23H,3,10-11H2,1H3/b19-12+,23-20?. The zero-order chi connectivity index (χ0) is 21.6. The number of rotatable bonds is 8. The average molecular weight is 436 g/mol. The van der Waals surface area contributed by atoms with Gasteiger partial charge in [0.1, 0.15) is 17.2 Å². The maximum atomic E-state index is 12.2. The van der Waals surface area contributed by atoms with Gasteiger partial charge in [-0.05, 0) is 47.7 Å². The molecule has 0 atom stereocenters. The fourth-order valence-corrected chi connectivity index (χ4v) is 3.50. The van der Waals surface area contributed by atoms with Gasteiger partial charge in [0.05, 0.1) is 31.4 Å². The maximum absolute atomic E-state index is 12.2. The number of nitrogens with zero attached hydrogens (tertiary/aromatic N) is 3. The molecule has 2 aromatic rings. The fourth-order valence-electron chi connectivity index (χ4n) is 2.89. The molecule has 0 bridgehead atoms. The second kappa shape index (κ2) is 9.48. The van der Waals surface area contributed by atoms with Crippen LogP contribution in [0.25, 0.3) is 6.08 Å². The zero-order valence-corrected chi connectivity index (χ0v) is 17.6. The Morgan fingerprint density at radius 3 is 2.58 bits per heavy atom. The Bertz CT molecular complexity index is 1080. The van der Waals surface area contributed by atoms with E-state index in [0.29, 0.717) is 18.4 Å². The number of nitrogens with one attached hydrogen (secondary N) is 1. The van der Waals surface area contributed by atoms with Gasteiger partial charge in [-0.25, -0.2) is 0 Å². The summed E-state index contributed by atoms with van der Waals surface area (Å²) >= 11 is 1.22. The Morgan fingerprint density at radius 1 is 1.06 bits per heavy atom. The number of benzene rings is 2. The lowest BCUT2D eigenvalue weighted by Gasteiger charge is -2.20. The monoisotopic (exact) mass is 436 g/mol. The summed E-state index contributed by atoms with van der Waals surface area (Å²) in [6, 6.07) is 14.8. The van der Waals surface area contributed by atoms with Gasteiger partial charge in [-0.3, -0.25) is 10.2 Å². The largest absolute Gasteiger partial charge is 0.497 e. The van der Waals surface area contributed by atoms with Crippen molar-refractivity contribution in [3.05, 3.63) is 59.7 Å². The summed E-state index contributed by atoms with van der Waals surface area (Å²) in [5.74, 6) is 1.81. The van der Waals surface area contributed by atoms with Crippen LogP contribution in [0.4, 0.5) is 0 Å². The van der Waals surface area contributed by atoms with Crippen LogP contribution >= 0.6 is 11.8 Å². The predicted octanol–water partition coefficient (Wildman–Crippen LogP) is 3.79. The highest BCUT2D eigenvalue weighted by atomic mass is 32.2. The Kier molecular flexibility index (Phi) is 6.32. The number of ether oxygens (including phenoxy) is 3. The Morgan fingerprint density at radius 2 is 1.81 bits per heavy atom. The molecule has 1 amide bonds. The van der Waals surface area contributed by atoms with Gasteiger partial charge in [0.2, 0.25) is 0 Å². The number of amides is 1. The van der Waals surface area contributed by atoms with Gasteiger partial charge in [0.25, 0.3) is 5.91 Å². The summed E-state index contributed by atoms with van der Waals surface area (Å²) in [6.07, 6.45) is 2.36. The van der Waals surface area contributed by atoms with Crippen molar-refractivity contribution in [3.8, 4) is 17.2 Å². The van der Waals surface area contributed by atoms with Crippen LogP contribution in [-0.4, -0.2) is 47.8 Å². The Hall–Kier alpha value is -3.59. The van der Waals surface area contributed by atoms with Gasteiger partial charge >= 0.3 is 0 Å². The number of carbonyl (C=O) groups is 1. The molecule has 0 saturated heterocycles. The molecule has 2 aromatic carbocycles. The molecule has 8 nitrogen and oxygen atoms in total. The van der Waals surface area contributed by atoms with E-state index in [-0.39, 0.29) is 11.4 Å². The molecule has 0 unspecified atom stereocenters. The van der Waals surface area contributed by atoms with E-state index in [0.717, 1.165) is 29.2 Å². The number of amidine groups is 2. The topological polar surface area (TPSA) is 96.6 Å². The molecule has 4 rings (SSSR count). The highest BCUT2D eigenvalue weighted by Gasteiger charge is 2.32. The quantitative estimate of drug-likeness (QED) is 0.500. The second-order valence-electron chi connectivity index (χ2n) is 6.56. The number of hydrogen-bond donors (Lipinski definition) is 1. The van der Waals surface area contributed by atoms with E-state index in [1.807, 2.05) is 48.5 Å². The third-order valence-corrected chi connectivity index (χ3v) is 5.13. The van der Waals surface area contributed by atoms with Gasteiger partial charge in [-0.1, -0.05) is 18.2 Å². The lowest BCUT2D eigenvalue weighted by atomic mass is 10.1. The molecule has 0 fully saturated rings. The molecule has 158 valence electrons. The fraction of sp³-hybridized carbons (Fsp3) is 0.182. The van der Waals surface area contributed by atoms with Crippen molar-refractivity contribution in [2.24, 2.45) is 10.1 Å². The summed E-state index contributed by atoms with van der Waals surface area (Å²) in [7, 11) is 1.62. The molecule has 1 N–H and O–H groups in total. The molecule has 0 saturated carbocycles. The van der Waals surface area contributed by atoms with Crippen LogP contribution in [0.15, 0.2) is 64.2 Å². The van der Waals surface area contributed by atoms with Crippen molar-refractivity contribution in [3.63, 3.8) is 0 Å². The molecule has 2 aliphatic rings. The number of methoxy groups -OCH3 is 1. The number of carbonyl (C=O) groups excluding carboxylic acids is 1. The predicted molar refractivity (Wildman–Crippen MR) is 121 cm³/mol. The van der Waals surface area contributed by atoms with Gasteiger partial charge in [0, 0.05) is 12.5 Å². The summed E-state index contributed by atoms with van der Waals surface area (Å²) in [5.41, 5.74) is 2.53. The number of hydrogen-bond acceptors (Lipinski definition) is 7. The van der Waals surface area contributed by atoms with E-state index in [4.69, 9.17) is 19.6 Å². The Labute approximate surface area is 183 Å². The van der Waals surface area contributed by atoms with Gasteiger partial charge in [-0.15, -0.1) is 0 Å². The van der Waals surface area contributed by atoms with E-state index in [1.165, 1.54) is 16.8 Å². The molecule has 0 aliphatic carbocycles. The molecule has 0 spiro atoms. The minimum atomic E-state index is -0.439. The molecule has 0 aromatic heterocycles. The van der Waals surface area contributed by atoms with E-state index in [9.17, 15) is 4.79 Å². The first-order valence-electron chi connectivity index (χ1n) is 9.56. The van der Waals surface area contributed by atoms with Crippen LogP contribution in [-0.2, 0) is 4.79 Å². The van der Waals surface area contributed by atoms with Crippen molar-refractivity contribution in [1.82, 2.24) is 5.01 Å². The molecular weight excluding hydrogens is 416 g/mol. The molecule has 2 aliphatic heterocycles. The summed E-state index contributed by atoms with van der Waals surface area (Å²) in [6.45, 7) is 1.04. The van der Waals surface area contributed by atoms with E-state index in [1.54, 1.807) is 18.7 Å². The van der Waals surface area contributed by atoms with Crippen molar-refractivity contribution in [2.45, 2.75) is 6.42 Å². The lowest BCUT2D eigenvalue weighted by molar-refractivity contribution is -0.114. The molecule has 31 heavy (non-hydrogen) atoms.